The molecule has 0 unspecified atom stereocenters. The minimum Gasteiger partial charge on any atom is -0.218 e. The molecule has 2 aliphatic heterocycles. The highest BCUT2D eigenvalue weighted by atomic mass is 32.2. The van der Waals surface area contributed by atoms with Gasteiger partial charge in [-0.3, -0.25) is 0 Å². The third-order valence-electron chi connectivity index (χ3n) is 7.51. The Morgan fingerprint density at radius 1 is 0.450 bits per heavy atom. The summed E-state index contributed by atoms with van der Waals surface area (Å²) in [5.74, 6) is 0. The number of hydrogen-bond donors (Lipinski definition) is 0. The Hall–Kier alpha value is -4.00. The Kier molecular flexibility index (Phi) is 6.09. The molecular weight excluding hydrogens is 537 g/mol. The molecule has 0 saturated heterocycles. The largest absolute Gasteiger partial charge is 0.218 e. The zero-order valence-electron chi connectivity index (χ0n) is 22.7. The van der Waals surface area contributed by atoms with Crippen LogP contribution >= 0.6 is 0 Å². The van der Waals surface area contributed by atoms with Gasteiger partial charge in [0.15, 0.2) is 0 Å². The van der Waals surface area contributed by atoms with Gasteiger partial charge in [0.25, 0.3) is 0 Å². The summed E-state index contributed by atoms with van der Waals surface area (Å²) >= 11 is 0. The van der Waals surface area contributed by atoms with E-state index in [-0.39, 0.29) is 19.6 Å². The third-order valence-corrected chi connectivity index (χ3v) is 11.2. The maximum atomic E-state index is 14.1. The lowest BCUT2D eigenvalue weighted by Crippen LogP contribution is -2.17. The minimum atomic E-state index is -3.89. The molecule has 4 aromatic carbocycles. The van der Waals surface area contributed by atoms with E-state index >= 15 is 0 Å². The Labute approximate surface area is 235 Å². The van der Waals surface area contributed by atoms with Crippen LogP contribution in [0.5, 0.6) is 0 Å². The summed E-state index contributed by atoms with van der Waals surface area (Å²) in [6.07, 6.45) is 3.39. The summed E-state index contributed by atoms with van der Waals surface area (Å²) in [4.78, 5) is 0.835. The number of allylic oxidation sites excluding steroid dienone is 3. The highest BCUT2D eigenvalue weighted by Crippen LogP contribution is 2.47. The normalized spacial score (nSPS) is 17.0. The molecule has 4 nitrogen and oxygen atoms in total. The topological polar surface area (TPSA) is 68.3 Å². The Balaban J connectivity index is 1.76. The van der Waals surface area contributed by atoms with E-state index < -0.39 is 19.7 Å². The van der Waals surface area contributed by atoms with Gasteiger partial charge < -0.3 is 0 Å². The van der Waals surface area contributed by atoms with Gasteiger partial charge in [-0.05, 0) is 85.4 Å². The lowest BCUT2D eigenvalue weighted by molar-refractivity contribution is 0.594. The summed E-state index contributed by atoms with van der Waals surface area (Å²) < 4.78 is 55.9. The predicted molar refractivity (Wildman–Crippen MR) is 161 cm³/mol. The fourth-order valence-corrected chi connectivity index (χ4v) is 8.88. The van der Waals surface area contributed by atoms with Gasteiger partial charge in [-0.2, -0.15) is 0 Å². The fraction of sp³-hybridized carbons (Fsp3) is 0.118. The molecule has 0 bridgehead atoms. The molecule has 0 amide bonds. The maximum Gasteiger partial charge on any atom is 0.207 e. The molecular formula is C34H28O4S2. The smallest absolute Gasteiger partial charge is 0.207 e. The predicted octanol–water partition coefficient (Wildman–Crippen LogP) is 7.38. The van der Waals surface area contributed by atoms with Gasteiger partial charge in [0.1, 0.15) is 0 Å². The molecule has 0 atom stereocenters. The number of rotatable bonds is 2. The van der Waals surface area contributed by atoms with Crippen LogP contribution in [0.15, 0.2) is 112 Å². The van der Waals surface area contributed by atoms with Gasteiger partial charge >= 0.3 is 0 Å². The summed E-state index contributed by atoms with van der Waals surface area (Å²) in [7, 11) is -7.66. The van der Waals surface area contributed by atoms with Crippen molar-refractivity contribution in [3.05, 3.63) is 147 Å². The second kappa shape index (κ2) is 9.29. The molecule has 0 aliphatic carbocycles. The van der Waals surface area contributed by atoms with Gasteiger partial charge in [0.05, 0.1) is 19.6 Å². The Bertz CT molecular complexity index is 1890. The van der Waals surface area contributed by atoms with E-state index in [0.717, 1.165) is 22.3 Å². The monoisotopic (exact) mass is 564 g/mol. The first-order valence-corrected chi connectivity index (χ1v) is 16.0. The summed E-state index contributed by atoms with van der Waals surface area (Å²) in [6.45, 7) is 7.65. The van der Waals surface area contributed by atoms with E-state index in [1.165, 1.54) is 0 Å². The summed E-state index contributed by atoms with van der Waals surface area (Å²) in [5.41, 5.74) is 7.35. The van der Waals surface area contributed by atoms with Crippen LogP contribution < -0.4 is 0 Å². The number of hydrogen-bond acceptors (Lipinski definition) is 4. The van der Waals surface area contributed by atoms with Gasteiger partial charge in [0, 0.05) is 11.1 Å². The van der Waals surface area contributed by atoms with Crippen LogP contribution in [-0.2, 0) is 19.7 Å². The van der Waals surface area contributed by atoms with E-state index in [1.807, 2.05) is 100 Å². The highest BCUT2D eigenvalue weighted by molar-refractivity contribution is 8.09. The molecule has 200 valence electrons. The minimum absolute atomic E-state index is 0.184. The molecule has 0 N–H and O–H groups in total. The van der Waals surface area contributed by atoms with Crippen molar-refractivity contribution in [3.63, 3.8) is 0 Å². The van der Waals surface area contributed by atoms with Crippen molar-refractivity contribution in [2.45, 2.75) is 37.5 Å². The van der Waals surface area contributed by atoms with Gasteiger partial charge in [-0.15, -0.1) is 0 Å². The molecule has 2 heterocycles. The van der Waals surface area contributed by atoms with Gasteiger partial charge in [-0.1, -0.05) is 83.9 Å². The van der Waals surface area contributed by atoms with Gasteiger partial charge in [0.2, 0.25) is 19.7 Å². The quantitative estimate of drug-likeness (QED) is 0.224. The highest BCUT2D eigenvalue weighted by Gasteiger charge is 2.36. The summed E-state index contributed by atoms with van der Waals surface area (Å²) in [5, 5.41) is 0. The maximum absolute atomic E-state index is 14.1. The first kappa shape index (κ1) is 26.2. The van der Waals surface area contributed by atoms with Gasteiger partial charge in [-0.25, -0.2) is 16.8 Å². The second-order valence-corrected chi connectivity index (χ2v) is 14.4. The summed E-state index contributed by atoms with van der Waals surface area (Å²) in [6, 6.07) is 25.7. The molecule has 6 heteroatoms. The molecule has 0 fully saturated rings. The number of sulfone groups is 2. The molecule has 2 aliphatic rings. The van der Waals surface area contributed by atoms with Crippen molar-refractivity contribution < 1.29 is 16.8 Å². The molecule has 0 aromatic heterocycles. The number of aryl methyl sites for hydroxylation is 4. The van der Waals surface area contributed by atoms with Crippen LogP contribution in [0.3, 0.4) is 0 Å². The Morgan fingerprint density at radius 2 is 0.825 bits per heavy atom. The molecule has 0 saturated carbocycles. The van der Waals surface area contributed by atoms with Crippen LogP contribution in [0.25, 0.3) is 15.4 Å². The number of fused-ring (bicyclic) bond motifs is 2. The van der Waals surface area contributed by atoms with Crippen molar-refractivity contribution in [1.82, 2.24) is 0 Å². The zero-order chi connectivity index (χ0) is 28.4. The molecule has 0 radical (unpaired) electrons. The average molecular weight is 565 g/mol. The first-order valence-electron chi connectivity index (χ1n) is 13.0. The fourth-order valence-electron chi connectivity index (χ4n) is 5.35. The SMILES string of the molecule is Cc1ccc(C2=CC(=C3c4ccc(C)cc4S(=O)(=O)c4cc(C)ccc43)C=C(c3ccc(C)cc3)S2(=O)=O)cc1. The molecule has 4 aromatic rings. The average Bonchev–Trinajstić information content (AvgIpc) is 2.91. The molecule has 40 heavy (non-hydrogen) atoms. The standard InChI is InChI=1S/C34H28O4S2/c1-21-5-11-25(12-6-21)30-19-27(20-31(39(30,35)36)26-13-7-22(2)8-14-26)34-28-15-9-23(3)17-32(28)40(37,38)33-18-24(4)10-16-29(33)34/h5-20H,1-4H3. The van der Waals surface area contributed by atoms with E-state index in [2.05, 4.69) is 0 Å². The number of benzene rings is 4. The zero-order valence-corrected chi connectivity index (χ0v) is 24.3. The lowest BCUT2D eigenvalue weighted by atomic mass is 9.90. The molecule has 0 spiro atoms. The van der Waals surface area contributed by atoms with E-state index in [9.17, 15) is 16.8 Å². The van der Waals surface area contributed by atoms with Crippen LogP contribution in [0.2, 0.25) is 0 Å². The van der Waals surface area contributed by atoms with Crippen molar-refractivity contribution in [1.29, 1.82) is 0 Å². The van der Waals surface area contributed by atoms with E-state index in [0.29, 0.717) is 33.4 Å². The third kappa shape index (κ3) is 4.19. The second-order valence-electron chi connectivity index (χ2n) is 10.6. The first-order chi connectivity index (χ1) is 19.0. The van der Waals surface area contributed by atoms with Crippen LogP contribution in [0.4, 0.5) is 0 Å². The van der Waals surface area contributed by atoms with Crippen molar-refractivity contribution >= 4 is 35.1 Å². The lowest BCUT2D eigenvalue weighted by Gasteiger charge is -2.27. The van der Waals surface area contributed by atoms with E-state index in [4.69, 9.17) is 0 Å². The van der Waals surface area contributed by atoms with Crippen molar-refractivity contribution in [2.24, 2.45) is 0 Å². The van der Waals surface area contributed by atoms with Crippen LogP contribution in [-0.4, -0.2) is 16.8 Å². The van der Waals surface area contributed by atoms with Crippen LogP contribution in [0.1, 0.15) is 44.5 Å². The molecule has 6 rings (SSSR count). The van der Waals surface area contributed by atoms with E-state index in [1.54, 1.807) is 24.3 Å². The Morgan fingerprint density at radius 3 is 1.23 bits per heavy atom. The van der Waals surface area contributed by atoms with Crippen LogP contribution in [0, 0.1) is 27.7 Å². The van der Waals surface area contributed by atoms with Crippen molar-refractivity contribution in [2.75, 3.05) is 0 Å². The van der Waals surface area contributed by atoms with Crippen molar-refractivity contribution in [3.8, 4) is 0 Å².